The molecule has 0 saturated heterocycles. The summed E-state index contributed by atoms with van der Waals surface area (Å²) >= 11 is 0. The molecule has 0 bridgehead atoms. The van der Waals surface area contributed by atoms with Gasteiger partial charge in [0.1, 0.15) is 12.2 Å². The predicted octanol–water partition coefficient (Wildman–Crippen LogP) is 13.3. The zero-order chi connectivity index (χ0) is 44.0. The molecule has 350 valence electrons. The van der Waals surface area contributed by atoms with Crippen LogP contribution < -0.4 is 0 Å². The monoisotopic (exact) mass is 869 g/mol. The summed E-state index contributed by atoms with van der Waals surface area (Å²) in [5.74, 6) is -1.03. The van der Waals surface area contributed by atoms with Crippen LogP contribution in [0, 0.1) is 0 Å². The van der Waals surface area contributed by atoms with E-state index in [4.69, 9.17) is 18.5 Å². The molecule has 0 aliphatic rings. The minimum atomic E-state index is -4.64. The molecule has 0 aliphatic carbocycles. The number of phosphoric acid groups is 1. The van der Waals surface area contributed by atoms with Crippen molar-refractivity contribution in [3.63, 3.8) is 0 Å². The van der Waals surface area contributed by atoms with Gasteiger partial charge in [-0.2, -0.15) is 0 Å². The fourth-order valence-corrected chi connectivity index (χ4v) is 7.31. The molecule has 0 heterocycles. The Bertz CT molecular complexity index is 1140. The highest BCUT2D eigenvalue weighted by Gasteiger charge is 2.27. The van der Waals surface area contributed by atoms with E-state index in [2.05, 4.69) is 62.5 Å². The highest BCUT2D eigenvalue weighted by molar-refractivity contribution is 7.47. The summed E-state index contributed by atoms with van der Waals surface area (Å²) in [6.07, 6.45) is 49.3. The van der Waals surface area contributed by atoms with Crippen molar-refractivity contribution in [2.24, 2.45) is 0 Å². The molecule has 0 aromatic heterocycles. The van der Waals surface area contributed by atoms with E-state index in [1.807, 2.05) is 0 Å². The Morgan fingerprint density at radius 2 is 0.733 bits per heavy atom. The second-order valence-corrected chi connectivity index (χ2v) is 17.5. The van der Waals surface area contributed by atoms with Gasteiger partial charge in [-0.05, 0) is 77.0 Å². The topological polar surface area (TPSA) is 149 Å². The third kappa shape index (κ3) is 42.6. The molecule has 3 unspecified atom stereocenters. The summed E-state index contributed by atoms with van der Waals surface area (Å²) in [4.78, 5) is 34.6. The van der Waals surface area contributed by atoms with Crippen LogP contribution in [-0.4, -0.2) is 65.7 Å². The molecule has 0 spiro atoms. The highest BCUT2D eigenvalue weighted by Crippen LogP contribution is 2.43. The van der Waals surface area contributed by atoms with Crippen LogP contribution in [0.4, 0.5) is 0 Å². The Balaban J connectivity index is 3.89. The zero-order valence-corrected chi connectivity index (χ0v) is 39.1. The lowest BCUT2D eigenvalue weighted by Gasteiger charge is -2.20. The molecular weight excluding hydrogens is 780 g/mol. The van der Waals surface area contributed by atoms with E-state index < -0.39 is 58.4 Å². The summed E-state index contributed by atoms with van der Waals surface area (Å²) in [6.45, 7) is 2.17. The Hall–Kier alpha value is -2.07. The van der Waals surface area contributed by atoms with Gasteiger partial charge in [-0.1, -0.05) is 172 Å². The SMILES string of the molecule is CCCCC/C=C\C/C=C\CCCCCCCCCCCC(=O)OC(CO)COP(=O)(O)OCC(CO)OC(=O)CCCCCCCCC/C=C\C/C=C\CCCCCC. The van der Waals surface area contributed by atoms with Crippen LogP contribution in [0.5, 0.6) is 0 Å². The van der Waals surface area contributed by atoms with Crippen LogP contribution in [0.1, 0.15) is 213 Å². The number of carbonyl (C=O) groups is 2. The van der Waals surface area contributed by atoms with Gasteiger partial charge >= 0.3 is 19.8 Å². The molecule has 0 aromatic carbocycles. The maximum Gasteiger partial charge on any atom is 0.472 e. The molecule has 0 fully saturated rings. The van der Waals surface area contributed by atoms with E-state index in [9.17, 15) is 29.3 Å². The largest absolute Gasteiger partial charge is 0.472 e. The first-order valence-corrected chi connectivity index (χ1v) is 25.6. The number of hydrogen-bond donors (Lipinski definition) is 3. The van der Waals surface area contributed by atoms with Crippen LogP contribution in [0.25, 0.3) is 0 Å². The van der Waals surface area contributed by atoms with E-state index in [0.717, 1.165) is 64.2 Å². The van der Waals surface area contributed by atoms with Crippen molar-refractivity contribution in [2.45, 2.75) is 225 Å². The fourth-order valence-electron chi connectivity index (χ4n) is 6.53. The Labute approximate surface area is 366 Å². The number of aliphatic hydroxyl groups is 2. The van der Waals surface area contributed by atoms with Crippen LogP contribution >= 0.6 is 7.82 Å². The first kappa shape index (κ1) is 57.9. The molecule has 60 heavy (non-hydrogen) atoms. The summed E-state index contributed by atoms with van der Waals surface area (Å²) in [5, 5.41) is 19.2. The molecule has 0 aliphatic heterocycles. The molecule has 3 atom stereocenters. The lowest BCUT2D eigenvalue weighted by molar-refractivity contribution is -0.153. The Morgan fingerprint density at radius 1 is 0.450 bits per heavy atom. The number of aliphatic hydroxyl groups excluding tert-OH is 2. The van der Waals surface area contributed by atoms with Gasteiger partial charge in [-0.25, -0.2) is 4.57 Å². The van der Waals surface area contributed by atoms with Crippen molar-refractivity contribution in [2.75, 3.05) is 26.4 Å². The predicted molar refractivity (Wildman–Crippen MR) is 247 cm³/mol. The molecule has 0 aromatic rings. The maximum atomic E-state index is 12.4. The lowest BCUT2D eigenvalue weighted by Crippen LogP contribution is -2.28. The van der Waals surface area contributed by atoms with Crippen molar-refractivity contribution in [1.82, 2.24) is 0 Å². The molecule has 0 radical (unpaired) electrons. The van der Waals surface area contributed by atoms with Gasteiger partial charge in [0.2, 0.25) is 0 Å². The van der Waals surface area contributed by atoms with Gasteiger partial charge in [0, 0.05) is 12.8 Å². The Kier molecular flexibility index (Phi) is 43.4. The standard InChI is InChI=1S/C49H89O10P/c1-3-5-7-9-11-13-15-17-19-21-23-25-27-29-31-33-35-37-39-41-49(53)59-47(43-51)45-57-60(54,55)56-44-46(42-50)58-48(52)40-38-36-34-32-30-28-26-24-22-20-18-16-14-12-10-8-6-4-2/h11,13-14,16-17,19-20,22,46-47,50-51H,3-10,12,15,18,21,23-45H2,1-2H3,(H,54,55)/b13-11-,16-14-,19-17-,22-20-. The van der Waals surface area contributed by atoms with Crippen LogP contribution in [-0.2, 0) is 32.7 Å². The third-order valence-electron chi connectivity index (χ3n) is 10.3. The third-order valence-corrected chi connectivity index (χ3v) is 11.2. The molecule has 0 rings (SSSR count). The second kappa shape index (κ2) is 45.0. The molecule has 0 saturated carbocycles. The van der Waals surface area contributed by atoms with Crippen LogP contribution in [0.2, 0.25) is 0 Å². The van der Waals surface area contributed by atoms with Crippen LogP contribution in [0.3, 0.4) is 0 Å². The quantitative estimate of drug-likeness (QED) is 0.0234. The van der Waals surface area contributed by atoms with E-state index >= 15 is 0 Å². The fraction of sp³-hybridized carbons (Fsp3) is 0.796. The molecule has 10 nitrogen and oxygen atoms in total. The molecule has 3 N–H and O–H groups in total. The van der Waals surface area contributed by atoms with E-state index in [-0.39, 0.29) is 12.8 Å². The maximum absolute atomic E-state index is 12.4. The van der Waals surface area contributed by atoms with Crippen molar-refractivity contribution in [1.29, 1.82) is 0 Å². The van der Waals surface area contributed by atoms with E-state index in [1.54, 1.807) is 0 Å². The van der Waals surface area contributed by atoms with E-state index in [1.165, 1.54) is 109 Å². The number of esters is 2. The summed E-state index contributed by atoms with van der Waals surface area (Å²) < 4.78 is 32.7. The minimum absolute atomic E-state index is 0.182. The number of phosphoric ester groups is 1. The van der Waals surface area contributed by atoms with Crippen molar-refractivity contribution < 1.29 is 47.8 Å². The van der Waals surface area contributed by atoms with Gasteiger partial charge in [0.25, 0.3) is 0 Å². The van der Waals surface area contributed by atoms with E-state index in [0.29, 0.717) is 12.8 Å². The minimum Gasteiger partial charge on any atom is -0.457 e. The smallest absolute Gasteiger partial charge is 0.457 e. The number of unbranched alkanes of at least 4 members (excludes halogenated alkanes) is 23. The lowest BCUT2D eigenvalue weighted by atomic mass is 10.1. The highest BCUT2D eigenvalue weighted by atomic mass is 31.2. The first-order valence-electron chi connectivity index (χ1n) is 24.1. The first-order chi connectivity index (χ1) is 29.3. The number of rotatable bonds is 45. The van der Waals surface area contributed by atoms with Crippen molar-refractivity contribution in [3.8, 4) is 0 Å². The summed E-state index contributed by atoms with van der Waals surface area (Å²) in [7, 11) is -4.64. The molecule has 11 heteroatoms. The zero-order valence-electron chi connectivity index (χ0n) is 38.2. The number of hydrogen-bond acceptors (Lipinski definition) is 9. The number of carbonyl (C=O) groups excluding carboxylic acids is 2. The van der Waals surface area contributed by atoms with Crippen molar-refractivity contribution >= 4 is 19.8 Å². The molecular formula is C49H89O10P. The van der Waals surface area contributed by atoms with Gasteiger partial charge in [0.05, 0.1) is 26.4 Å². The average Bonchev–Trinajstić information content (AvgIpc) is 3.24. The van der Waals surface area contributed by atoms with Gasteiger partial charge < -0.3 is 24.6 Å². The summed E-state index contributed by atoms with van der Waals surface area (Å²) in [6, 6.07) is 0. The van der Waals surface area contributed by atoms with Gasteiger partial charge in [-0.3, -0.25) is 18.6 Å². The van der Waals surface area contributed by atoms with Gasteiger partial charge in [0.15, 0.2) is 0 Å². The van der Waals surface area contributed by atoms with Gasteiger partial charge in [-0.15, -0.1) is 0 Å². The normalized spacial score (nSPS) is 14.2. The number of allylic oxidation sites excluding steroid dienone is 8. The average molecular weight is 869 g/mol. The number of ether oxygens (including phenoxy) is 2. The van der Waals surface area contributed by atoms with Crippen molar-refractivity contribution in [3.05, 3.63) is 48.6 Å². The molecule has 0 amide bonds. The second-order valence-electron chi connectivity index (χ2n) is 16.1. The van der Waals surface area contributed by atoms with Crippen LogP contribution in [0.15, 0.2) is 48.6 Å². The Morgan fingerprint density at radius 3 is 1.07 bits per heavy atom. The summed E-state index contributed by atoms with van der Waals surface area (Å²) in [5.41, 5.74) is 0.